The number of methoxy groups -OCH3 is 1. The second kappa shape index (κ2) is 8.14. The largest absolute Gasteiger partial charge is 0.465 e. The normalized spacial score (nSPS) is 12.4. The van der Waals surface area contributed by atoms with Gasteiger partial charge >= 0.3 is 5.97 Å². The molecule has 5 rings (SSSR count). The van der Waals surface area contributed by atoms with E-state index >= 15 is 0 Å². The van der Waals surface area contributed by atoms with Crippen molar-refractivity contribution in [2.75, 3.05) is 12.4 Å². The summed E-state index contributed by atoms with van der Waals surface area (Å²) in [5.74, 6) is -1.21. The summed E-state index contributed by atoms with van der Waals surface area (Å²) in [6, 6.07) is 14.2. The number of pyridine rings is 1. The third kappa shape index (κ3) is 3.42. The smallest absolute Gasteiger partial charge is 0.344 e. The molecule has 36 heavy (non-hydrogen) atoms. The van der Waals surface area contributed by atoms with Crippen LogP contribution in [0.15, 0.2) is 64.3 Å². The van der Waals surface area contributed by atoms with Gasteiger partial charge in [0, 0.05) is 23.6 Å². The van der Waals surface area contributed by atoms with Crippen LogP contribution in [0.5, 0.6) is 0 Å². The number of nitrogens with one attached hydrogen (secondary N) is 1. The molecule has 182 valence electrons. The van der Waals surface area contributed by atoms with Crippen molar-refractivity contribution in [3.05, 3.63) is 87.2 Å². The van der Waals surface area contributed by atoms with Gasteiger partial charge in [0.25, 0.3) is 15.7 Å². The summed E-state index contributed by atoms with van der Waals surface area (Å²) >= 11 is 0. The van der Waals surface area contributed by atoms with Crippen molar-refractivity contribution in [1.82, 2.24) is 4.57 Å². The Balaban J connectivity index is 1.91. The second-order valence-corrected chi connectivity index (χ2v) is 9.85. The number of aryl methyl sites for hydroxylation is 2. The number of aromatic nitrogens is 1. The van der Waals surface area contributed by atoms with Crippen molar-refractivity contribution in [3.8, 4) is 11.1 Å². The number of rotatable bonds is 4. The standard InChI is InChI=1S/C26H20N2O7S/c1-13-8-9-16(19(12-13)36(32,33)34)27-17-10-11-18-22-20(23(26(31)35-3)25(30)28(18)2)14-6-4-5-7-15(14)24(29)21(17)22/h4-12,27H,1-3H3,(H,32,33,34). The highest BCUT2D eigenvalue weighted by Crippen LogP contribution is 2.44. The zero-order chi connectivity index (χ0) is 25.9. The average molecular weight is 505 g/mol. The number of fused-ring (bicyclic) bond motifs is 2. The van der Waals surface area contributed by atoms with Crippen molar-refractivity contribution in [1.29, 1.82) is 0 Å². The van der Waals surface area contributed by atoms with Gasteiger partial charge in [0.1, 0.15) is 10.5 Å². The molecule has 0 atom stereocenters. The van der Waals surface area contributed by atoms with Crippen molar-refractivity contribution in [3.63, 3.8) is 0 Å². The molecule has 9 nitrogen and oxygen atoms in total. The van der Waals surface area contributed by atoms with E-state index in [1.807, 2.05) is 0 Å². The topological polar surface area (TPSA) is 132 Å². The maximum absolute atomic E-state index is 13.8. The Hall–Kier alpha value is -4.28. The van der Waals surface area contributed by atoms with Gasteiger partial charge in [-0.2, -0.15) is 8.42 Å². The van der Waals surface area contributed by atoms with Gasteiger partial charge in [-0.25, -0.2) is 4.79 Å². The SMILES string of the molecule is COC(=O)c1c2c3c(c(Nc4ccc(C)cc4S(=O)(=O)O)ccc3n(C)c1=O)C(=O)c1ccccc1-2. The maximum Gasteiger partial charge on any atom is 0.344 e. The van der Waals surface area contributed by atoms with Gasteiger partial charge in [0.15, 0.2) is 5.78 Å². The number of carbonyl (C=O) groups excluding carboxylic acids is 2. The highest BCUT2D eigenvalue weighted by molar-refractivity contribution is 7.86. The molecule has 0 saturated carbocycles. The molecule has 1 heterocycles. The van der Waals surface area contributed by atoms with Crippen molar-refractivity contribution in [2.24, 2.45) is 7.05 Å². The summed E-state index contributed by atoms with van der Waals surface area (Å²) < 4.78 is 40.1. The van der Waals surface area contributed by atoms with Crippen LogP contribution in [0.2, 0.25) is 0 Å². The predicted molar refractivity (Wildman–Crippen MR) is 134 cm³/mol. The van der Waals surface area contributed by atoms with Crippen LogP contribution < -0.4 is 10.9 Å². The molecule has 0 saturated heterocycles. The lowest BCUT2D eigenvalue weighted by molar-refractivity contribution is 0.0599. The summed E-state index contributed by atoms with van der Waals surface area (Å²) in [5, 5.41) is 3.33. The van der Waals surface area contributed by atoms with Gasteiger partial charge < -0.3 is 14.6 Å². The third-order valence-electron chi connectivity index (χ3n) is 6.31. The fraction of sp³-hybridized carbons (Fsp3) is 0.115. The highest BCUT2D eigenvalue weighted by Gasteiger charge is 2.34. The van der Waals surface area contributed by atoms with E-state index in [0.29, 0.717) is 22.0 Å². The summed E-state index contributed by atoms with van der Waals surface area (Å²) in [4.78, 5) is 39.4. The van der Waals surface area contributed by atoms with E-state index in [4.69, 9.17) is 4.74 Å². The van der Waals surface area contributed by atoms with Crippen molar-refractivity contribution in [2.45, 2.75) is 11.8 Å². The fourth-order valence-electron chi connectivity index (χ4n) is 4.66. The van der Waals surface area contributed by atoms with E-state index in [0.717, 1.165) is 0 Å². The van der Waals surface area contributed by atoms with Gasteiger partial charge in [-0.15, -0.1) is 0 Å². The average Bonchev–Trinajstić information content (AvgIpc) is 2.85. The Morgan fingerprint density at radius 3 is 2.31 bits per heavy atom. The Kier molecular flexibility index (Phi) is 5.31. The molecule has 0 radical (unpaired) electrons. The van der Waals surface area contributed by atoms with E-state index in [1.165, 1.54) is 30.9 Å². The zero-order valence-electron chi connectivity index (χ0n) is 19.4. The molecular weight excluding hydrogens is 484 g/mol. The van der Waals surface area contributed by atoms with Gasteiger partial charge in [0.2, 0.25) is 0 Å². The molecular formula is C26H20N2O7S. The summed E-state index contributed by atoms with van der Waals surface area (Å²) in [7, 11) is -1.92. The number of benzene rings is 3. The number of carbonyl (C=O) groups is 2. The van der Waals surface area contributed by atoms with Gasteiger partial charge in [-0.05, 0) is 42.3 Å². The summed E-state index contributed by atoms with van der Waals surface area (Å²) in [5.41, 5.74) is 1.66. The molecule has 1 aliphatic rings. The minimum absolute atomic E-state index is 0.0601. The van der Waals surface area contributed by atoms with E-state index in [9.17, 15) is 27.4 Å². The van der Waals surface area contributed by atoms with E-state index in [1.54, 1.807) is 49.4 Å². The lowest BCUT2D eigenvalue weighted by atomic mass is 9.81. The van der Waals surface area contributed by atoms with Crippen LogP contribution >= 0.6 is 0 Å². The summed E-state index contributed by atoms with van der Waals surface area (Å²) in [6.45, 7) is 1.68. The molecule has 0 fully saturated rings. The van der Waals surface area contributed by atoms with Crippen LogP contribution in [-0.2, 0) is 21.9 Å². The quantitative estimate of drug-likeness (QED) is 0.279. The monoisotopic (exact) mass is 504 g/mol. The predicted octanol–water partition coefficient (Wildman–Crippen LogP) is 3.84. The number of hydrogen-bond acceptors (Lipinski definition) is 7. The molecule has 0 bridgehead atoms. The number of nitrogens with zero attached hydrogens (tertiary/aromatic N) is 1. The Bertz CT molecular complexity index is 1800. The second-order valence-electron chi connectivity index (χ2n) is 8.46. The number of ketones is 1. The number of hydrogen-bond donors (Lipinski definition) is 2. The fourth-order valence-corrected chi connectivity index (χ4v) is 5.39. The lowest BCUT2D eigenvalue weighted by Gasteiger charge is -2.25. The first-order valence-corrected chi connectivity index (χ1v) is 12.3. The van der Waals surface area contributed by atoms with Gasteiger partial charge in [-0.1, -0.05) is 30.3 Å². The molecule has 1 aromatic heterocycles. The molecule has 0 amide bonds. The number of ether oxygens (including phenoxy) is 1. The molecule has 0 spiro atoms. The first-order chi connectivity index (χ1) is 17.0. The minimum atomic E-state index is -4.58. The third-order valence-corrected chi connectivity index (χ3v) is 7.20. The Morgan fingerprint density at radius 2 is 1.64 bits per heavy atom. The zero-order valence-corrected chi connectivity index (χ0v) is 20.3. The van der Waals surface area contributed by atoms with E-state index in [2.05, 4.69) is 5.32 Å². The molecule has 0 unspecified atom stereocenters. The molecule has 3 aromatic carbocycles. The molecule has 0 aliphatic heterocycles. The van der Waals surface area contributed by atoms with Crippen LogP contribution in [0.25, 0.3) is 22.0 Å². The lowest BCUT2D eigenvalue weighted by Crippen LogP contribution is -2.29. The van der Waals surface area contributed by atoms with Crippen molar-refractivity contribution < 1.29 is 27.3 Å². The molecule has 1 aliphatic carbocycles. The highest BCUT2D eigenvalue weighted by atomic mass is 32.2. The Labute approximate surface area is 205 Å². The first-order valence-electron chi connectivity index (χ1n) is 10.8. The molecule has 4 aromatic rings. The minimum Gasteiger partial charge on any atom is -0.465 e. The van der Waals surface area contributed by atoms with Crippen LogP contribution in [0.1, 0.15) is 31.8 Å². The van der Waals surface area contributed by atoms with E-state index in [-0.39, 0.29) is 44.3 Å². The van der Waals surface area contributed by atoms with Crippen LogP contribution in [-0.4, -0.2) is 36.4 Å². The number of esters is 1. The van der Waals surface area contributed by atoms with Crippen LogP contribution in [0.4, 0.5) is 11.4 Å². The van der Waals surface area contributed by atoms with Gasteiger partial charge in [0.05, 0.1) is 29.6 Å². The maximum atomic E-state index is 13.8. The molecule has 2 N–H and O–H groups in total. The van der Waals surface area contributed by atoms with Crippen LogP contribution in [0.3, 0.4) is 0 Å². The van der Waals surface area contributed by atoms with E-state index < -0.39 is 21.6 Å². The Morgan fingerprint density at radius 1 is 0.972 bits per heavy atom. The van der Waals surface area contributed by atoms with Crippen LogP contribution in [0, 0.1) is 6.92 Å². The summed E-state index contributed by atoms with van der Waals surface area (Å²) in [6.07, 6.45) is 0. The first kappa shape index (κ1) is 23.5. The van der Waals surface area contributed by atoms with Gasteiger partial charge in [-0.3, -0.25) is 14.1 Å². The number of anilines is 2. The molecule has 10 heteroatoms. The van der Waals surface area contributed by atoms with Crippen molar-refractivity contribution >= 4 is 44.1 Å².